The standard InChI is InChI=1S/C19H19NO2/c1-2-22-19(21)12-18(20)17-11-13-7-3-4-8-14(13)15-9-5-6-10-16(15)17/h3-11,18H,2,12,20H2,1H3/t18-/m1/s1. The van der Waals surface area contributed by atoms with Crippen LogP contribution < -0.4 is 5.73 Å². The molecule has 2 N–H and O–H groups in total. The van der Waals surface area contributed by atoms with Gasteiger partial charge in [-0.05, 0) is 40.1 Å². The van der Waals surface area contributed by atoms with Crippen LogP contribution in [0.25, 0.3) is 21.5 Å². The Balaban J connectivity index is 2.13. The highest BCUT2D eigenvalue weighted by Crippen LogP contribution is 2.32. The maximum Gasteiger partial charge on any atom is 0.307 e. The minimum Gasteiger partial charge on any atom is -0.466 e. The number of hydrogen-bond acceptors (Lipinski definition) is 3. The van der Waals surface area contributed by atoms with E-state index in [0.717, 1.165) is 21.7 Å². The predicted molar refractivity (Wildman–Crippen MR) is 89.6 cm³/mol. The van der Waals surface area contributed by atoms with Crippen LogP contribution in [-0.4, -0.2) is 12.6 Å². The summed E-state index contributed by atoms with van der Waals surface area (Å²) >= 11 is 0. The second-order valence-corrected chi connectivity index (χ2v) is 5.35. The summed E-state index contributed by atoms with van der Waals surface area (Å²) in [4.78, 5) is 11.7. The second-order valence-electron chi connectivity index (χ2n) is 5.35. The third kappa shape index (κ3) is 2.68. The number of esters is 1. The summed E-state index contributed by atoms with van der Waals surface area (Å²) in [6, 6.07) is 18.1. The molecule has 0 aliphatic heterocycles. The molecule has 0 aliphatic rings. The minimum absolute atomic E-state index is 0.191. The van der Waals surface area contributed by atoms with Crippen molar-refractivity contribution in [2.45, 2.75) is 19.4 Å². The van der Waals surface area contributed by atoms with Gasteiger partial charge in [0.15, 0.2) is 0 Å². The first-order valence-corrected chi connectivity index (χ1v) is 7.52. The zero-order valence-electron chi connectivity index (χ0n) is 12.6. The van der Waals surface area contributed by atoms with Crippen LogP contribution in [0, 0.1) is 0 Å². The Kier molecular flexibility index (Phi) is 4.07. The van der Waals surface area contributed by atoms with E-state index in [1.807, 2.05) is 24.3 Å². The lowest BCUT2D eigenvalue weighted by Gasteiger charge is -2.16. The Labute approximate surface area is 129 Å². The number of nitrogens with two attached hydrogens (primary N) is 1. The molecule has 0 aromatic heterocycles. The van der Waals surface area contributed by atoms with Crippen LogP contribution in [0.1, 0.15) is 24.9 Å². The van der Waals surface area contributed by atoms with Crippen molar-refractivity contribution in [1.29, 1.82) is 0 Å². The van der Waals surface area contributed by atoms with Gasteiger partial charge in [-0.2, -0.15) is 0 Å². The molecule has 22 heavy (non-hydrogen) atoms. The normalized spacial score (nSPS) is 12.5. The molecule has 0 fully saturated rings. The molecular formula is C19H19NO2. The Hall–Kier alpha value is -2.39. The predicted octanol–water partition coefficient (Wildman–Crippen LogP) is 3.95. The van der Waals surface area contributed by atoms with Gasteiger partial charge in [0.2, 0.25) is 0 Å². The average Bonchev–Trinajstić information content (AvgIpc) is 2.54. The van der Waals surface area contributed by atoms with Crippen molar-refractivity contribution in [2.24, 2.45) is 5.73 Å². The Morgan fingerprint density at radius 2 is 1.68 bits per heavy atom. The van der Waals surface area contributed by atoms with Crippen LogP contribution in [0.15, 0.2) is 54.6 Å². The lowest BCUT2D eigenvalue weighted by atomic mass is 9.92. The van der Waals surface area contributed by atoms with Crippen LogP contribution in [0.3, 0.4) is 0 Å². The summed E-state index contributed by atoms with van der Waals surface area (Å²) in [6.45, 7) is 2.18. The van der Waals surface area contributed by atoms with E-state index in [4.69, 9.17) is 10.5 Å². The van der Waals surface area contributed by atoms with Gasteiger partial charge >= 0.3 is 5.97 Å². The summed E-state index contributed by atoms with van der Waals surface area (Å²) in [5, 5.41) is 4.59. The van der Waals surface area contributed by atoms with Crippen LogP contribution in [-0.2, 0) is 9.53 Å². The first-order valence-electron chi connectivity index (χ1n) is 7.52. The SMILES string of the molecule is CCOC(=O)C[C@@H](N)c1cc2ccccc2c2ccccc12. The molecule has 0 bridgehead atoms. The molecule has 0 saturated carbocycles. The Morgan fingerprint density at radius 3 is 2.41 bits per heavy atom. The third-order valence-corrected chi connectivity index (χ3v) is 3.89. The third-order valence-electron chi connectivity index (χ3n) is 3.89. The first kappa shape index (κ1) is 14.5. The molecule has 0 spiro atoms. The van der Waals surface area contributed by atoms with E-state index in [0.29, 0.717) is 6.61 Å². The van der Waals surface area contributed by atoms with Gasteiger partial charge in [-0.25, -0.2) is 0 Å². The van der Waals surface area contributed by atoms with Crippen molar-refractivity contribution >= 4 is 27.5 Å². The fourth-order valence-corrected chi connectivity index (χ4v) is 2.90. The molecule has 0 radical (unpaired) electrons. The summed E-state index contributed by atoms with van der Waals surface area (Å²) in [5.74, 6) is -0.257. The van der Waals surface area contributed by atoms with E-state index in [1.54, 1.807) is 6.92 Å². The van der Waals surface area contributed by atoms with E-state index in [9.17, 15) is 4.79 Å². The van der Waals surface area contributed by atoms with Gasteiger partial charge in [0.1, 0.15) is 0 Å². The van der Waals surface area contributed by atoms with Gasteiger partial charge in [-0.15, -0.1) is 0 Å². The quantitative estimate of drug-likeness (QED) is 0.585. The largest absolute Gasteiger partial charge is 0.466 e. The van der Waals surface area contributed by atoms with Crippen molar-refractivity contribution < 1.29 is 9.53 Å². The number of ether oxygens (including phenoxy) is 1. The van der Waals surface area contributed by atoms with Crippen LogP contribution >= 0.6 is 0 Å². The zero-order valence-corrected chi connectivity index (χ0v) is 12.6. The molecule has 0 unspecified atom stereocenters. The molecule has 0 saturated heterocycles. The fourth-order valence-electron chi connectivity index (χ4n) is 2.90. The summed E-state index contributed by atoms with van der Waals surface area (Å²) in [7, 11) is 0. The van der Waals surface area contributed by atoms with E-state index < -0.39 is 0 Å². The van der Waals surface area contributed by atoms with Crippen LogP contribution in [0.5, 0.6) is 0 Å². The fraction of sp³-hybridized carbons (Fsp3) is 0.211. The smallest absolute Gasteiger partial charge is 0.307 e. The maximum absolute atomic E-state index is 11.7. The van der Waals surface area contributed by atoms with E-state index in [-0.39, 0.29) is 18.4 Å². The lowest BCUT2D eigenvalue weighted by Crippen LogP contribution is -2.17. The number of hydrogen-bond donors (Lipinski definition) is 1. The number of carbonyl (C=O) groups excluding carboxylic acids is 1. The van der Waals surface area contributed by atoms with E-state index >= 15 is 0 Å². The minimum atomic E-state index is -0.367. The van der Waals surface area contributed by atoms with Crippen LogP contribution in [0.2, 0.25) is 0 Å². The number of fused-ring (bicyclic) bond motifs is 3. The van der Waals surface area contributed by atoms with Crippen molar-refractivity contribution in [3.8, 4) is 0 Å². The molecule has 3 aromatic rings. The highest BCUT2D eigenvalue weighted by Gasteiger charge is 2.16. The van der Waals surface area contributed by atoms with E-state index in [1.165, 1.54) is 5.39 Å². The van der Waals surface area contributed by atoms with Crippen molar-refractivity contribution in [3.63, 3.8) is 0 Å². The van der Waals surface area contributed by atoms with Gasteiger partial charge < -0.3 is 10.5 Å². The van der Waals surface area contributed by atoms with Crippen molar-refractivity contribution in [1.82, 2.24) is 0 Å². The molecule has 1 atom stereocenters. The molecule has 3 aromatic carbocycles. The molecule has 0 heterocycles. The summed E-state index contributed by atoms with van der Waals surface area (Å²) < 4.78 is 5.01. The molecule has 0 aliphatic carbocycles. The molecule has 3 nitrogen and oxygen atoms in total. The Morgan fingerprint density at radius 1 is 1.05 bits per heavy atom. The summed E-state index contributed by atoms with van der Waals surface area (Å²) in [6.07, 6.45) is 0.191. The van der Waals surface area contributed by atoms with Gasteiger partial charge in [0, 0.05) is 6.04 Å². The highest BCUT2D eigenvalue weighted by atomic mass is 16.5. The number of rotatable bonds is 4. The zero-order chi connectivity index (χ0) is 15.5. The number of carbonyl (C=O) groups is 1. The molecule has 3 rings (SSSR count). The van der Waals surface area contributed by atoms with Gasteiger partial charge in [0.05, 0.1) is 13.0 Å². The average molecular weight is 293 g/mol. The maximum atomic E-state index is 11.7. The first-order chi connectivity index (χ1) is 10.7. The topological polar surface area (TPSA) is 52.3 Å². The van der Waals surface area contributed by atoms with Gasteiger partial charge in [-0.3, -0.25) is 4.79 Å². The monoisotopic (exact) mass is 293 g/mol. The number of benzene rings is 3. The molecule has 3 heteroatoms. The highest BCUT2D eigenvalue weighted by molar-refractivity contribution is 6.09. The van der Waals surface area contributed by atoms with Crippen molar-refractivity contribution in [2.75, 3.05) is 6.61 Å². The Bertz CT molecular complexity index is 826. The second kappa shape index (κ2) is 6.16. The van der Waals surface area contributed by atoms with Crippen molar-refractivity contribution in [3.05, 3.63) is 60.2 Å². The lowest BCUT2D eigenvalue weighted by molar-refractivity contribution is -0.143. The van der Waals surface area contributed by atoms with E-state index in [2.05, 4.69) is 30.3 Å². The van der Waals surface area contributed by atoms with Crippen LogP contribution in [0.4, 0.5) is 0 Å². The molecular weight excluding hydrogens is 274 g/mol. The van der Waals surface area contributed by atoms with Gasteiger partial charge in [-0.1, -0.05) is 48.5 Å². The molecule has 0 amide bonds. The van der Waals surface area contributed by atoms with Gasteiger partial charge in [0.25, 0.3) is 0 Å². The molecule has 112 valence electrons. The summed E-state index contributed by atoms with van der Waals surface area (Å²) in [5.41, 5.74) is 7.27.